The van der Waals surface area contributed by atoms with Crippen LogP contribution in [-0.4, -0.2) is 39.9 Å². The van der Waals surface area contributed by atoms with Gasteiger partial charge >= 0.3 is 5.97 Å². The van der Waals surface area contributed by atoms with Gasteiger partial charge in [0, 0.05) is 16.5 Å². The lowest BCUT2D eigenvalue weighted by molar-refractivity contribution is 0.0696. The van der Waals surface area contributed by atoms with Gasteiger partial charge in [0.25, 0.3) is 0 Å². The second-order valence-electron chi connectivity index (χ2n) is 7.62. The van der Waals surface area contributed by atoms with E-state index >= 15 is 0 Å². The van der Waals surface area contributed by atoms with Gasteiger partial charge in [0.2, 0.25) is 5.88 Å². The van der Waals surface area contributed by atoms with Crippen LogP contribution in [0.4, 0.5) is 0 Å². The van der Waals surface area contributed by atoms with Crippen molar-refractivity contribution in [3.8, 4) is 33.3 Å². The van der Waals surface area contributed by atoms with Crippen molar-refractivity contribution in [2.45, 2.75) is 20.4 Å². The first-order chi connectivity index (χ1) is 16.9. The Morgan fingerprint density at radius 1 is 1.03 bits per heavy atom. The number of halogens is 1. The van der Waals surface area contributed by atoms with E-state index in [1.54, 1.807) is 35.9 Å². The zero-order valence-electron chi connectivity index (χ0n) is 19.2. The number of carbonyl (C=O) groups excluding carboxylic acids is 1. The minimum Gasteiger partial charge on any atom is -0.490 e. The van der Waals surface area contributed by atoms with Gasteiger partial charge in [0.1, 0.15) is 12.4 Å². The molecule has 2 aromatic heterocycles. The molecule has 2 heterocycles. The first kappa shape index (κ1) is 24.5. The van der Waals surface area contributed by atoms with Crippen LogP contribution in [0.3, 0.4) is 0 Å². The van der Waals surface area contributed by atoms with Crippen molar-refractivity contribution in [1.29, 1.82) is 0 Å². The fourth-order valence-corrected chi connectivity index (χ4v) is 4.58. The van der Waals surface area contributed by atoms with Gasteiger partial charge in [-0.3, -0.25) is 4.79 Å². The smallest absolute Gasteiger partial charge is 0.335 e. The van der Waals surface area contributed by atoms with Gasteiger partial charge in [-0.15, -0.1) is 11.3 Å². The highest BCUT2D eigenvalue weighted by molar-refractivity contribution is 7.17. The van der Waals surface area contributed by atoms with Gasteiger partial charge in [-0.25, -0.2) is 9.48 Å². The Hall–Kier alpha value is -3.62. The third-order valence-electron chi connectivity index (χ3n) is 5.19. The van der Waals surface area contributed by atoms with Crippen LogP contribution in [0.1, 0.15) is 33.9 Å². The molecule has 0 bridgehead atoms. The summed E-state index contributed by atoms with van der Waals surface area (Å²) in [5.41, 5.74) is 2.60. The lowest BCUT2D eigenvalue weighted by Crippen LogP contribution is -2.11. The average Bonchev–Trinajstić information content (AvgIpc) is 3.49. The Balaban J connectivity index is 1.44. The molecule has 0 atom stereocenters. The van der Waals surface area contributed by atoms with Crippen molar-refractivity contribution >= 4 is 34.7 Å². The van der Waals surface area contributed by atoms with Gasteiger partial charge in [0.15, 0.2) is 5.78 Å². The first-order valence-corrected chi connectivity index (χ1v) is 12.1. The second-order valence-corrected chi connectivity index (χ2v) is 9.11. The number of carbonyl (C=O) groups is 2. The molecule has 2 aromatic carbocycles. The maximum absolute atomic E-state index is 11.6. The summed E-state index contributed by atoms with van der Waals surface area (Å²) in [5.74, 6) is 0.206. The molecule has 0 aliphatic rings. The molecule has 35 heavy (non-hydrogen) atoms. The zero-order valence-corrected chi connectivity index (χ0v) is 20.7. The lowest BCUT2D eigenvalue weighted by Gasteiger charge is -2.11. The van der Waals surface area contributed by atoms with E-state index in [-0.39, 0.29) is 11.3 Å². The number of aromatic carboxylic acids is 1. The molecule has 0 aliphatic carbocycles. The molecule has 9 heteroatoms. The number of Topliss-reactive ketones (excluding diaryl/α,β-unsaturated/α-hetero) is 1. The van der Waals surface area contributed by atoms with E-state index in [9.17, 15) is 9.59 Å². The summed E-state index contributed by atoms with van der Waals surface area (Å²) in [6.07, 6.45) is 0. The third kappa shape index (κ3) is 5.72. The molecule has 4 rings (SSSR count). The largest absolute Gasteiger partial charge is 0.490 e. The summed E-state index contributed by atoms with van der Waals surface area (Å²) in [6.45, 7) is 4.65. The number of carboxylic acids is 1. The Morgan fingerprint density at radius 2 is 1.77 bits per heavy atom. The molecule has 0 aliphatic heterocycles. The molecule has 1 N–H and O–H groups in total. The van der Waals surface area contributed by atoms with Gasteiger partial charge < -0.3 is 14.6 Å². The number of ketones is 1. The fraction of sp³-hybridized carbons (Fsp3) is 0.192. The molecule has 0 unspecified atom stereocenters. The SMILES string of the molecule is CCOc1cc(-c2ccc(C(=O)O)cc2)nn1CCOc1ccc(-c2ccc(C(C)=O)s2)cc1Cl. The maximum atomic E-state index is 11.6. The lowest BCUT2D eigenvalue weighted by atomic mass is 10.1. The summed E-state index contributed by atoms with van der Waals surface area (Å²) in [4.78, 5) is 24.3. The minimum absolute atomic E-state index is 0.0396. The first-order valence-electron chi connectivity index (χ1n) is 10.9. The third-order valence-corrected chi connectivity index (χ3v) is 6.72. The Labute approximate surface area is 211 Å². The number of nitrogens with zero attached hydrogens (tertiary/aromatic N) is 2. The molecule has 180 valence electrons. The highest BCUT2D eigenvalue weighted by atomic mass is 35.5. The summed E-state index contributed by atoms with van der Waals surface area (Å²) in [5, 5.41) is 14.2. The van der Waals surface area contributed by atoms with E-state index in [0.717, 1.165) is 16.0 Å². The van der Waals surface area contributed by atoms with Gasteiger partial charge in [0.05, 0.1) is 34.3 Å². The monoisotopic (exact) mass is 510 g/mol. The Bertz CT molecular complexity index is 1360. The van der Waals surface area contributed by atoms with Crippen molar-refractivity contribution < 1.29 is 24.2 Å². The van der Waals surface area contributed by atoms with E-state index in [4.69, 9.17) is 26.2 Å². The molecule has 0 saturated carbocycles. The Kier molecular flexibility index (Phi) is 7.53. The predicted octanol–water partition coefficient (Wildman–Crippen LogP) is 6.31. The van der Waals surface area contributed by atoms with Crippen LogP contribution in [0.5, 0.6) is 11.6 Å². The summed E-state index contributed by atoms with van der Waals surface area (Å²) in [7, 11) is 0. The molecule has 0 amide bonds. The van der Waals surface area contributed by atoms with Crippen LogP contribution in [0.15, 0.2) is 60.7 Å². The molecule has 0 fully saturated rings. The number of ether oxygens (including phenoxy) is 2. The van der Waals surface area contributed by atoms with Crippen molar-refractivity contribution in [2.24, 2.45) is 0 Å². The van der Waals surface area contributed by atoms with E-state index in [1.807, 2.05) is 43.3 Å². The Morgan fingerprint density at radius 3 is 2.40 bits per heavy atom. The van der Waals surface area contributed by atoms with Crippen molar-refractivity contribution in [3.63, 3.8) is 0 Å². The van der Waals surface area contributed by atoms with Crippen molar-refractivity contribution in [3.05, 3.63) is 76.1 Å². The van der Waals surface area contributed by atoms with Gasteiger partial charge in [-0.1, -0.05) is 23.7 Å². The standard InChI is InChI=1S/C26H23ClN2O5S/c1-3-33-25-15-21(17-4-6-18(7-5-17)26(31)32)28-29(25)12-13-34-22-9-8-19(14-20(22)27)24-11-10-23(35-24)16(2)30/h4-11,14-15H,3,12-13H2,1-2H3,(H,31,32). The second kappa shape index (κ2) is 10.8. The molecule has 0 spiro atoms. The van der Waals surface area contributed by atoms with E-state index in [1.165, 1.54) is 11.3 Å². The quantitative estimate of drug-likeness (QED) is 0.251. The van der Waals surface area contributed by atoms with Crippen molar-refractivity contribution in [1.82, 2.24) is 9.78 Å². The van der Waals surface area contributed by atoms with Crippen LogP contribution in [0.2, 0.25) is 5.02 Å². The highest BCUT2D eigenvalue weighted by Crippen LogP contribution is 2.34. The van der Waals surface area contributed by atoms with E-state index < -0.39 is 5.97 Å². The number of hydrogen-bond acceptors (Lipinski definition) is 6. The molecular weight excluding hydrogens is 488 g/mol. The van der Waals surface area contributed by atoms with Crippen LogP contribution in [0.25, 0.3) is 21.7 Å². The van der Waals surface area contributed by atoms with Crippen LogP contribution >= 0.6 is 22.9 Å². The topological polar surface area (TPSA) is 90.7 Å². The normalized spacial score (nSPS) is 10.8. The predicted molar refractivity (Wildman–Crippen MR) is 136 cm³/mol. The summed E-state index contributed by atoms with van der Waals surface area (Å²) >= 11 is 7.88. The van der Waals surface area contributed by atoms with Crippen LogP contribution < -0.4 is 9.47 Å². The highest BCUT2D eigenvalue weighted by Gasteiger charge is 2.13. The molecule has 0 saturated heterocycles. The summed E-state index contributed by atoms with van der Waals surface area (Å²) < 4.78 is 13.3. The molecule has 4 aromatic rings. The molecule has 7 nitrogen and oxygen atoms in total. The number of thiophene rings is 1. The average molecular weight is 511 g/mol. The summed E-state index contributed by atoms with van der Waals surface area (Å²) in [6, 6.07) is 17.6. The van der Waals surface area contributed by atoms with Crippen molar-refractivity contribution in [2.75, 3.05) is 13.2 Å². The van der Waals surface area contributed by atoms with Gasteiger partial charge in [-0.05, 0) is 61.9 Å². The van der Waals surface area contributed by atoms with E-state index in [2.05, 4.69) is 5.10 Å². The number of rotatable bonds is 10. The zero-order chi connectivity index (χ0) is 24.9. The number of carboxylic acid groups (broad SMARTS) is 1. The molecular formula is C26H23ClN2O5S. The van der Waals surface area contributed by atoms with Crippen LogP contribution in [-0.2, 0) is 6.54 Å². The maximum Gasteiger partial charge on any atom is 0.335 e. The van der Waals surface area contributed by atoms with E-state index in [0.29, 0.717) is 47.0 Å². The number of hydrogen-bond donors (Lipinski definition) is 1. The minimum atomic E-state index is -0.975. The molecule has 0 radical (unpaired) electrons. The number of benzene rings is 2. The van der Waals surface area contributed by atoms with Crippen LogP contribution in [0, 0.1) is 0 Å². The fourth-order valence-electron chi connectivity index (χ4n) is 3.44. The number of aromatic nitrogens is 2. The van der Waals surface area contributed by atoms with Gasteiger partial charge in [-0.2, -0.15) is 5.10 Å².